The van der Waals surface area contributed by atoms with Gasteiger partial charge < -0.3 is 9.88 Å². The number of imidazole rings is 1. The quantitative estimate of drug-likeness (QED) is 0.906. The van der Waals surface area contributed by atoms with Gasteiger partial charge in [0.15, 0.2) is 0 Å². The molecule has 0 saturated heterocycles. The maximum absolute atomic E-state index is 4.84. The standard InChI is InChI=1S/C17H21N3/c1-2-17-19-15-11-18-9-8-16(15)20(17)14-7-6-12-4-3-5-13(12)10-14/h6-7,10,18H,2-5,8-9,11H2,1H3. The van der Waals surface area contributed by atoms with E-state index in [1.165, 1.54) is 42.2 Å². The van der Waals surface area contributed by atoms with Gasteiger partial charge in [0.05, 0.1) is 5.69 Å². The van der Waals surface area contributed by atoms with E-state index in [0.29, 0.717) is 0 Å². The van der Waals surface area contributed by atoms with E-state index in [9.17, 15) is 0 Å². The van der Waals surface area contributed by atoms with Crippen LogP contribution in [-0.4, -0.2) is 16.1 Å². The average molecular weight is 267 g/mol. The van der Waals surface area contributed by atoms with Gasteiger partial charge in [-0.3, -0.25) is 0 Å². The predicted octanol–water partition coefficient (Wildman–Crippen LogP) is 2.57. The lowest BCUT2D eigenvalue weighted by atomic mass is 10.1. The summed E-state index contributed by atoms with van der Waals surface area (Å²) < 4.78 is 2.41. The summed E-state index contributed by atoms with van der Waals surface area (Å²) in [5.74, 6) is 1.21. The molecule has 4 rings (SSSR count). The summed E-state index contributed by atoms with van der Waals surface area (Å²) in [6.07, 6.45) is 5.88. The molecule has 0 atom stereocenters. The number of benzene rings is 1. The molecule has 3 nitrogen and oxygen atoms in total. The average Bonchev–Trinajstić information content (AvgIpc) is 3.09. The maximum Gasteiger partial charge on any atom is 0.113 e. The molecule has 1 aliphatic carbocycles. The fourth-order valence-corrected chi connectivity index (χ4v) is 3.61. The van der Waals surface area contributed by atoms with Crippen LogP contribution in [0.4, 0.5) is 0 Å². The van der Waals surface area contributed by atoms with Gasteiger partial charge in [0.2, 0.25) is 0 Å². The van der Waals surface area contributed by atoms with E-state index in [2.05, 4.69) is 35.0 Å². The third-order valence-corrected chi connectivity index (χ3v) is 4.61. The fraction of sp³-hybridized carbons (Fsp3) is 0.471. The van der Waals surface area contributed by atoms with Crippen LogP contribution in [0, 0.1) is 0 Å². The van der Waals surface area contributed by atoms with Gasteiger partial charge in [0.1, 0.15) is 5.82 Å². The van der Waals surface area contributed by atoms with Gasteiger partial charge in [-0.25, -0.2) is 4.98 Å². The Morgan fingerprint density at radius 3 is 3.00 bits per heavy atom. The second-order valence-electron chi connectivity index (χ2n) is 5.84. The van der Waals surface area contributed by atoms with Crippen LogP contribution in [-0.2, 0) is 32.2 Å². The van der Waals surface area contributed by atoms with Gasteiger partial charge in [-0.15, -0.1) is 0 Å². The molecule has 3 heteroatoms. The van der Waals surface area contributed by atoms with Crippen molar-refractivity contribution in [2.75, 3.05) is 6.54 Å². The van der Waals surface area contributed by atoms with Crippen molar-refractivity contribution < 1.29 is 0 Å². The van der Waals surface area contributed by atoms with Gasteiger partial charge >= 0.3 is 0 Å². The summed E-state index contributed by atoms with van der Waals surface area (Å²) >= 11 is 0. The first-order chi connectivity index (χ1) is 9.86. The Kier molecular flexibility index (Phi) is 2.88. The first kappa shape index (κ1) is 12.2. The van der Waals surface area contributed by atoms with Crippen molar-refractivity contribution in [3.63, 3.8) is 0 Å². The van der Waals surface area contributed by atoms with Crippen molar-refractivity contribution in [2.24, 2.45) is 0 Å². The molecule has 2 aliphatic rings. The molecule has 0 fully saturated rings. The summed E-state index contributed by atoms with van der Waals surface area (Å²) in [4.78, 5) is 4.84. The minimum absolute atomic E-state index is 0.917. The molecule has 1 N–H and O–H groups in total. The Bertz CT molecular complexity index is 654. The van der Waals surface area contributed by atoms with Crippen LogP contribution in [0.5, 0.6) is 0 Å². The SMILES string of the molecule is CCc1nc2c(n1-c1ccc3c(c1)CCC3)CCNC2. The number of rotatable bonds is 2. The van der Waals surface area contributed by atoms with Crippen LogP contribution in [0.3, 0.4) is 0 Å². The first-order valence-electron chi connectivity index (χ1n) is 7.79. The molecule has 2 aromatic rings. The summed E-state index contributed by atoms with van der Waals surface area (Å²) in [6.45, 7) is 4.18. The van der Waals surface area contributed by atoms with Crippen LogP contribution in [0.1, 0.15) is 41.7 Å². The Labute approximate surface area is 120 Å². The molecule has 104 valence electrons. The highest BCUT2D eigenvalue weighted by molar-refractivity contribution is 5.45. The van der Waals surface area contributed by atoms with Gasteiger partial charge in [0, 0.05) is 37.3 Å². The lowest BCUT2D eigenvalue weighted by molar-refractivity contribution is 0.620. The van der Waals surface area contributed by atoms with Crippen molar-refractivity contribution in [2.45, 2.75) is 45.6 Å². The molecule has 0 radical (unpaired) electrons. The third kappa shape index (κ3) is 1.80. The summed E-state index contributed by atoms with van der Waals surface area (Å²) in [5, 5.41) is 3.42. The molecule has 0 amide bonds. The monoisotopic (exact) mass is 267 g/mol. The van der Waals surface area contributed by atoms with Crippen LogP contribution in [0.2, 0.25) is 0 Å². The Morgan fingerprint density at radius 1 is 1.20 bits per heavy atom. The van der Waals surface area contributed by atoms with Gasteiger partial charge in [-0.05, 0) is 42.5 Å². The molecular formula is C17H21N3. The number of aromatic nitrogens is 2. The molecule has 1 aliphatic heterocycles. The number of nitrogens with zero attached hydrogens (tertiary/aromatic N) is 2. The lowest BCUT2D eigenvalue weighted by Crippen LogP contribution is -2.24. The second-order valence-corrected chi connectivity index (χ2v) is 5.84. The van der Waals surface area contributed by atoms with E-state index in [1.54, 1.807) is 11.1 Å². The minimum Gasteiger partial charge on any atom is -0.311 e. The van der Waals surface area contributed by atoms with E-state index in [-0.39, 0.29) is 0 Å². The molecular weight excluding hydrogens is 246 g/mol. The van der Waals surface area contributed by atoms with Gasteiger partial charge in [0.25, 0.3) is 0 Å². The van der Waals surface area contributed by atoms with Crippen molar-refractivity contribution in [1.29, 1.82) is 0 Å². The lowest BCUT2D eigenvalue weighted by Gasteiger charge is -2.17. The van der Waals surface area contributed by atoms with E-state index in [0.717, 1.165) is 25.9 Å². The summed E-state index contributed by atoms with van der Waals surface area (Å²) in [6, 6.07) is 7.00. The smallest absolute Gasteiger partial charge is 0.113 e. The zero-order valence-corrected chi connectivity index (χ0v) is 12.1. The summed E-state index contributed by atoms with van der Waals surface area (Å²) in [7, 11) is 0. The van der Waals surface area contributed by atoms with Crippen molar-refractivity contribution in [3.05, 3.63) is 46.5 Å². The number of hydrogen-bond donors (Lipinski definition) is 1. The molecule has 1 aromatic carbocycles. The minimum atomic E-state index is 0.917. The Balaban J connectivity index is 1.87. The predicted molar refractivity (Wildman–Crippen MR) is 80.4 cm³/mol. The normalized spacial score (nSPS) is 17.1. The van der Waals surface area contributed by atoms with E-state index in [4.69, 9.17) is 4.98 Å². The van der Waals surface area contributed by atoms with Crippen molar-refractivity contribution in [1.82, 2.24) is 14.9 Å². The van der Waals surface area contributed by atoms with Gasteiger partial charge in [-0.1, -0.05) is 13.0 Å². The highest BCUT2D eigenvalue weighted by atomic mass is 15.1. The highest BCUT2D eigenvalue weighted by Gasteiger charge is 2.21. The zero-order valence-electron chi connectivity index (χ0n) is 12.1. The van der Waals surface area contributed by atoms with Crippen molar-refractivity contribution in [3.8, 4) is 5.69 Å². The van der Waals surface area contributed by atoms with Crippen LogP contribution in [0.15, 0.2) is 18.2 Å². The molecule has 1 aromatic heterocycles. The van der Waals surface area contributed by atoms with Crippen molar-refractivity contribution >= 4 is 0 Å². The molecule has 20 heavy (non-hydrogen) atoms. The van der Waals surface area contributed by atoms with E-state index >= 15 is 0 Å². The zero-order chi connectivity index (χ0) is 13.5. The van der Waals surface area contributed by atoms with Crippen LogP contribution >= 0.6 is 0 Å². The maximum atomic E-state index is 4.84. The first-order valence-corrected chi connectivity index (χ1v) is 7.79. The van der Waals surface area contributed by atoms with E-state index in [1.807, 2.05) is 0 Å². The van der Waals surface area contributed by atoms with Crippen LogP contribution in [0.25, 0.3) is 5.69 Å². The molecule has 0 bridgehead atoms. The summed E-state index contributed by atoms with van der Waals surface area (Å²) in [5.41, 5.74) is 7.06. The Hall–Kier alpha value is -1.61. The number of nitrogens with one attached hydrogen (secondary N) is 1. The van der Waals surface area contributed by atoms with E-state index < -0.39 is 0 Å². The molecule has 2 heterocycles. The van der Waals surface area contributed by atoms with Gasteiger partial charge in [-0.2, -0.15) is 0 Å². The van der Waals surface area contributed by atoms with Crippen LogP contribution < -0.4 is 5.32 Å². The molecule has 0 spiro atoms. The number of fused-ring (bicyclic) bond motifs is 2. The molecule has 0 unspecified atom stereocenters. The largest absolute Gasteiger partial charge is 0.311 e. The number of aryl methyl sites for hydroxylation is 3. The third-order valence-electron chi connectivity index (χ3n) is 4.61. The highest BCUT2D eigenvalue weighted by Crippen LogP contribution is 2.27. The second kappa shape index (κ2) is 4.74. The topological polar surface area (TPSA) is 29.9 Å². The fourth-order valence-electron chi connectivity index (χ4n) is 3.61. The number of hydrogen-bond acceptors (Lipinski definition) is 2. The molecule has 0 saturated carbocycles. The Morgan fingerprint density at radius 2 is 2.10 bits per heavy atom.